The van der Waals surface area contributed by atoms with E-state index < -0.39 is 0 Å². The molecule has 0 fully saturated rings. The van der Waals surface area contributed by atoms with E-state index in [-0.39, 0.29) is 17.5 Å². The molecule has 0 radical (unpaired) electrons. The Balaban J connectivity index is 1.36. The number of aromatic nitrogens is 3. The van der Waals surface area contributed by atoms with Gasteiger partial charge in [0.2, 0.25) is 5.69 Å². The summed E-state index contributed by atoms with van der Waals surface area (Å²) >= 11 is 0. The van der Waals surface area contributed by atoms with Gasteiger partial charge in [0, 0.05) is 43.4 Å². The molecule has 0 spiro atoms. The number of benzene rings is 7. The average molecular weight is 744 g/mol. The Labute approximate surface area is 336 Å². The lowest BCUT2D eigenvalue weighted by atomic mass is 9.34. The van der Waals surface area contributed by atoms with Crippen LogP contribution in [0.4, 0.5) is 5.69 Å². The molecular weight excluding hydrogens is 705 g/mol. The largest absolute Gasteiger partial charge is 0.320 e. The third kappa shape index (κ3) is 3.95. The summed E-state index contributed by atoms with van der Waals surface area (Å²) in [6, 6.07) is 46.8. The van der Waals surface area contributed by atoms with Gasteiger partial charge >= 0.3 is 0 Å². The number of hydrogen-bond donors (Lipinski definition) is 0. The number of para-hydroxylation sites is 4. The van der Waals surface area contributed by atoms with Gasteiger partial charge in [-0.15, -0.1) is 0 Å². The van der Waals surface area contributed by atoms with Crippen molar-refractivity contribution in [3.63, 3.8) is 0 Å². The zero-order valence-electron chi connectivity index (χ0n) is 33.4. The van der Waals surface area contributed by atoms with E-state index in [4.69, 9.17) is 0 Å². The van der Waals surface area contributed by atoms with Crippen molar-refractivity contribution in [1.29, 1.82) is 5.26 Å². The first-order valence-corrected chi connectivity index (χ1v) is 20.2. The first kappa shape index (κ1) is 33.2. The topological polar surface area (TPSA) is 42.9 Å². The zero-order valence-corrected chi connectivity index (χ0v) is 33.4. The molecule has 2 aliphatic rings. The van der Waals surface area contributed by atoms with Crippen molar-refractivity contribution >= 4 is 94.2 Å². The Kier molecular flexibility index (Phi) is 6.22. The molecule has 5 nitrogen and oxygen atoms in total. The molecule has 7 aromatic carbocycles. The highest BCUT2D eigenvalue weighted by molar-refractivity contribution is 7.00. The van der Waals surface area contributed by atoms with Crippen LogP contribution in [0.1, 0.15) is 58.2 Å². The van der Waals surface area contributed by atoms with Gasteiger partial charge in [0.05, 0.1) is 51.3 Å². The molecule has 3 aromatic heterocycles. The van der Waals surface area contributed by atoms with Gasteiger partial charge in [-0.3, -0.25) is 0 Å². The predicted octanol–water partition coefficient (Wildman–Crippen LogP) is 11.1. The molecule has 2 aliphatic heterocycles. The van der Waals surface area contributed by atoms with Crippen LogP contribution in [0.5, 0.6) is 0 Å². The van der Waals surface area contributed by atoms with Gasteiger partial charge in [-0.1, -0.05) is 126 Å². The van der Waals surface area contributed by atoms with Gasteiger partial charge in [-0.2, -0.15) is 5.26 Å². The SMILES string of the molecule is [C-]#[N+]c1c(-n2c3ccc(C(C)(C)C)cc3c3cc(C(C)(C)C)ccc32)c(C#N)c2c3c1-n1c4ccccc4c4cccc(c41)B3c1cccc3c4ccccc4n-2c13. The number of rotatable bonds is 1. The normalized spacial score (nSPS) is 13.3. The van der Waals surface area contributed by atoms with Gasteiger partial charge in [-0.25, -0.2) is 4.85 Å². The van der Waals surface area contributed by atoms with Crippen molar-refractivity contribution in [3.8, 4) is 23.1 Å². The van der Waals surface area contributed by atoms with E-state index in [1.54, 1.807) is 0 Å². The van der Waals surface area contributed by atoms with Crippen LogP contribution in [0, 0.1) is 17.9 Å². The smallest absolute Gasteiger partial charge is 0.250 e. The number of fused-ring (bicyclic) bond motifs is 13. The van der Waals surface area contributed by atoms with E-state index in [2.05, 4.69) is 187 Å². The maximum absolute atomic E-state index is 11.8. The van der Waals surface area contributed by atoms with Crippen LogP contribution in [0.3, 0.4) is 0 Å². The molecule has 10 aromatic rings. The summed E-state index contributed by atoms with van der Waals surface area (Å²) < 4.78 is 6.95. The summed E-state index contributed by atoms with van der Waals surface area (Å²) in [5, 5.41) is 18.7. The highest BCUT2D eigenvalue weighted by atomic mass is 15.1. The van der Waals surface area contributed by atoms with Gasteiger partial charge in [0.1, 0.15) is 6.07 Å². The first-order valence-electron chi connectivity index (χ1n) is 20.2. The van der Waals surface area contributed by atoms with E-state index in [0.29, 0.717) is 16.9 Å². The molecule has 0 amide bonds. The summed E-state index contributed by atoms with van der Waals surface area (Å²) in [5.41, 5.74) is 15.4. The summed E-state index contributed by atoms with van der Waals surface area (Å²) in [5.74, 6) is 0. The van der Waals surface area contributed by atoms with Crippen LogP contribution < -0.4 is 16.4 Å². The molecule has 274 valence electrons. The fraction of sp³-hybridized carbons (Fsp3) is 0.154. The van der Waals surface area contributed by atoms with Crippen molar-refractivity contribution < 1.29 is 0 Å². The lowest BCUT2D eigenvalue weighted by Gasteiger charge is -2.36. The molecule has 12 rings (SSSR count). The monoisotopic (exact) mass is 743 g/mol. The Morgan fingerprint density at radius 3 is 1.47 bits per heavy atom. The number of hydrogen-bond acceptors (Lipinski definition) is 1. The number of nitrogens with zero attached hydrogens (tertiary/aromatic N) is 5. The van der Waals surface area contributed by atoms with Crippen LogP contribution >= 0.6 is 0 Å². The molecule has 0 saturated carbocycles. The molecule has 58 heavy (non-hydrogen) atoms. The molecule has 0 unspecified atom stereocenters. The van der Waals surface area contributed by atoms with E-state index in [0.717, 1.165) is 71.5 Å². The Morgan fingerprint density at radius 2 is 0.983 bits per heavy atom. The van der Waals surface area contributed by atoms with Crippen molar-refractivity contribution in [1.82, 2.24) is 13.7 Å². The van der Waals surface area contributed by atoms with Gasteiger partial charge in [0.25, 0.3) is 6.71 Å². The van der Waals surface area contributed by atoms with Crippen LogP contribution in [0.15, 0.2) is 121 Å². The Bertz CT molecular complexity index is 3390. The van der Waals surface area contributed by atoms with Crippen LogP contribution in [-0.2, 0) is 10.8 Å². The lowest BCUT2D eigenvalue weighted by Crippen LogP contribution is -2.59. The first-order chi connectivity index (χ1) is 28.0. The Hall–Kier alpha value is -7.02. The molecule has 6 heteroatoms. The Morgan fingerprint density at radius 1 is 0.517 bits per heavy atom. The fourth-order valence-electron chi connectivity index (χ4n) is 10.6. The minimum Gasteiger partial charge on any atom is -0.320 e. The molecule has 0 bridgehead atoms. The quantitative estimate of drug-likeness (QED) is 0.122. The van der Waals surface area contributed by atoms with Gasteiger partial charge < -0.3 is 13.7 Å². The summed E-state index contributed by atoms with van der Waals surface area (Å²) in [4.78, 5) is 4.56. The molecule has 0 atom stereocenters. The second-order valence-corrected chi connectivity index (χ2v) is 18.3. The van der Waals surface area contributed by atoms with Gasteiger partial charge in [0.15, 0.2) is 0 Å². The van der Waals surface area contributed by atoms with E-state index >= 15 is 0 Å². The van der Waals surface area contributed by atoms with E-state index in [9.17, 15) is 11.8 Å². The van der Waals surface area contributed by atoms with Crippen LogP contribution in [-0.4, -0.2) is 20.4 Å². The van der Waals surface area contributed by atoms with Crippen LogP contribution in [0.25, 0.3) is 87.3 Å². The van der Waals surface area contributed by atoms with Crippen LogP contribution in [0.2, 0.25) is 0 Å². The molecular formula is C52H38BN5. The maximum Gasteiger partial charge on any atom is 0.250 e. The second-order valence-electron chi connectivity index (χ2n) is 18.3. The predicted molar refractivity (Wildman–Crippen MR) is 242 cm³/mol. The average Bonchev–Trinajstić information content (AvgIpc) is 3.86. The highest BCUT2D eigenvalue weighted by Crippen LogP contribution is 2.48. The lowest BCUT2D eigenvalue weighted by molar-refractivity contribution is 0.590. The van der Waals surface area contributed by atoms with Crippen molar-refractivity contribution in [2.75, 3.05) is 0 Å². The van der Waals surface area contributed by atoms with E-state index in [1.165, 1.54) is 32.8 Å². The summed E-state index contributed by atoms with van der Waals surface area (Å²) in [7, 11) is 0. The van der Waals surface area contributed by atoms with E-state index in [1.807, 2.05) is 0 Å². The van der Waals surface area contributed by atoms with Crippen molar-refractivity contribution in [2.45, 2.75) is 52.4 Å². The number of nitriles is 1. The minimum absolute atomic E-state index is 0.0722. The highest BCUT2D eigenvalue weighted by Gasteiger charge is 2.44. The fourth-order valence-corrected chi connectivity index (χ4v) is 10.6. The molecule has 0 aliphatic carbocycles. The molecule has 0 N–H and O–H groups in total. The van der Waals surface area contributed by atoms with Crippen molar-refractivity contribution in [2.24, 2.45) is 0 Å². The minimum atomic E-state index is -0.186. The zero-order chi connectivity index (χ0) is 39.6. The van der Waals surface area contributed by atoms with Crippen molar-refractivity contribution in [3.05, 3.63) is 149 Å². The molecule has 0 saturated heterocycles. The third-order valence-corrected chi connectivity index (χ3v) is 13.2. The second kappa shape index (κ2) is 10.9. The maximum atomic E-state index is 11.8. The third-order valence-electron chi connectivity index (χ3n) is 13.2. The standard InChI is InChI=1S/C52H38BN5/c1-51(2,3)29-22-24-42-35(26-29)36-27-30(52(4,5)6)23-25-43(36)56(42)49-37(28-54)48-44-50(45(49)55-7)58-41-21-11-9-15-32(41)34-17-13-19-39(47(34)58)53(44)38-18-12-16-33-31-14-8-10-20-40(31)57(48)46(33)38/h8-27H,1-6H3. The summed E-state index contributed by atoms with van der Waals surface area (Å²) in [6.45, 7) is 22.6. The van der Waals surface area contributed by atoms with Gasteiger partial charge in [-0.05, 0) is 74.7 Å². The molecule has 5 heterocycles. The summed E-state index contributed by atoms with van der Waals surface area (Å²) in [6.07, 6.45) is 0.